The van der Waals surface area contributed by atoms with E-state index in [0.717, 1.165) is 55.2 Å². The van der Waals surface area contributed by atoms with Gasteiger partial charge in [0.25, 0.3) is 0 Å². The number of benzene rings is 1. The molecule has 2 bridgehead atoms. The van der Waals surface area contributed by atoms with Gasteiger partial charge < -0.3 is 18.9 Å². The second kappa shape index (κ2) is 7.68. The fourth-order valence-corrected chi connectivity index (χ4v) is 4.29. The fraction of sp³-hybridized carbons (Fsp3) is 0.550. The summed E-state index contributed by atoms with van der Waals surface area (Å²) in [5.41, 5.74) is 1.02. The molecule has 7 heteroatoms. The minimum Gasteiger partial charge on any atom is -0.497 e. The molecule has 0 N–H and O–H groups in total. The number of hydrogen-bond acceptors (Lipinski definition) is 5. The topological polar surface area (TPSA) is 69.5 Å². The van der Waals surface area contributed by atoms with Crippen molar-refractivity contribution in [3.8, 4) is 5.75 Å². The van der Waals surface area contributed by atoms with Crippen molar-refractivity contribution in [3.63, 3.8) is 0 Å². The van der Waals surface area contributed by atoms with Crippen LogP contribution in [0.4, 0.5) is 0 Å². The minimum atomic E-state index is 0.199. The van der Waals surface area contributed by atoms with Crippen molar-refractivity contribution in [2.45, 2.75) is 50.7 Å². The Labute approximate surface area is 159 Å². The molecule has 7 nitrogen and oxygen atoms in total. The van der Waals surface area contributed by atoms with Gasteiger partial charge in [0.05, 0.1) is 26.2 Å². The van der Waals surface area contributed by atoms with E-state index in [4.69, 9.17) is 9.47 Å². The predicted octanol–water partition coefficient (Wildman–Crippen LogP) is 1.63. The Hall–Kier alpha value is -2.41. The summed E-state index contributed by atoms with van der Waals surface area (Å²) >= 11 is 0. The van der Waals surface area contributed by atoms with Crippen LogP contribution in [0.1, 0.15) is 30.1 Å². The second-order valence-corrected chi connectivity index (χ2v) is 7.30. The van der Waals surface area contributed by atoms with Crippen LogP contribution >= 0.6 is 0 Å². The van der Waals surface area contributed by atoms with Gasteiger partial charge in [-0.1, -0.05) is 12.1 Å². The van der Waals surface area contributed by atoms with Crippen LogP contribution in [0.15, 0.2) is 24.3 Å². The lowest BCUT2D eigenvalue weighted by Crippen LogP contribution is -2.43. The summed E-state index contributed by atoms with van der Waals surface area (Å²) in [6.45, 7) is 1.42. The molecule has 2 aromatic rings. The van der Waals surface area contributed by atoms with Crippen LogP contribution in [0.25, 0.3) is 0 Å². The van der Waals surface area contributed by atoms with Gasteiger partial charge in [-0.05, 0) is 30.5 Å². The number of amides is 1. The molecule has 3 heterocycles. The number of carbonyl (C=O) groups excluding carboxylic acids is 1. The lowest BCUT2D eigenvalue weighted by molar-refractivity contribution is -0.133. The van der Waals surface area contributed by atoms with E-state index in [9.17, 15) is 4.79 Å². The minimum absolute atomic E-state index is 0.199. The van der Waals surface area contributed by atoms with Crippen LogP contribution in [-0.2, 0) is 35.3 Å². The molecule has 2 aliphatic rings. The highest BCUT2D eigenvalue weighted by Gasteiger charge is 2.40. The zero-order chi connectivity index (χ0) is 18.8. The van der Waals surface area contributed by atoms with Gasteiger partial charge in [0.1, 0.15) is 17.4 Å². The Kier molecular flexibility index (Phi) is 5.11. The summed E-state index contributed by atoms with van der Waals surface area (Å²) in [4.78, 5) is 15.2. The van der Waals surface area contributed by atoms with E-state index in [1.165, 1.54) is 0 Å². The molecule has 2 aliphatic heterocycles. The molecular weight excluding hydrogens is 344 g/mol. The summed E-state index contributed by atoms with van der Waals surface area (Å²) < 4.78 is 12.6. The first-order chi connectivity index (χ1) is 13.2. The van der Waals surface area contributed by atoms with E-state index in [-0.39, 0.29) is 18.0 Å². The fourth-order valence-electron chi connectivity index (χ4n) is 4.29. The molecule has 0 radical (unpaired) electrons. The van der Waals surface area contributed by atoms with E-state index in [2.05, 4.69) is 19.7 Å². The molecule has 0 spiro atoms. The van der Waals surface area contributed by atoms with Crippen LogP contribution in [0.3, 0.4) is 0 Å². The van der Waals surface area contributed by atoms with Crippen LogP contribution in [0, 0.1) is 0 Å². The van der Waals surface area contributed by atoms with Crippen LogP contribution in [0.2, 0.25) is 0 Å². The summed E-state index contributed by atoms with van der Waals surface area (Å²) in [5, 5.41) is 8.74. The van der Waals surface area contributed by atoms with Crippen molar-refractivity contribution < 1.29 is 14.3 Å². The molecule has 144 valence electrons. The Morgan fingerprint density at radius 2 is 1.93 bits per heavy atom. The van der Waals surface area contributed by atoms with Crippen molar-refractivity contribution in [2.24, 2.45) is 0 Å². The number of nitrogens with zero attached hydrogens (tertiary/aromatic N) is 4. The van der Waals surface area contributed by atoms with Gasteiger partial charge in [0.2, 0.25) is 5.91 Å². The van der Waals surface area contributed by atoms with Gasteiger partial charge >= 0.3 is 0 Å². The predicted molar refractivity (Wildman–Crippen MR) is 99.7 cm³/mol. The maximum atomic E-state index is 13.1. The molecule has 0 saturated carbocycles. The molecule has 4 rings (SSSR count). The van der Waals surface area contributed by atoms with Crippen LogP contribution in [0.5, 0.6) is 5.75 Å². The molecule has 2 atom stereocenters. The van der Waals surface area contributed by atoms with Crippen molar-refractivity contribution in [1.82, 2.24) is 19.7 Å². The van der Waals surface area contributed by atoms with E-state index in [1.54, 1.807) is 14.2 Å². The van der Waals surface area contributed by atoms with Crippen LogP contribution < -0.4 is 4.74 Å². The van der Waals surface area contributed by atoms with E-state index >= 15 is 0 Å². The molecule has 27 heavy (non-hydrogen) atoms. The Bertz CT molecular complexity index is 802. The molecule has 1 aromatic carbocycles. The summed E-state index contributed by atoms with van der Waals surface area (Å²) in [5.74, 6) is 2.96. The number of fused-ring (bicyclic) bond motifs is 3. The first kappa shape index (κ1) is 18.0. The van der Waals surface area contributed by atoms with Gasteiger partial charge in [0, 0.05) is 32.5 Å². The van der Waals surface area contributed by atoms with Crippen molar-refractivity contribution in [3.05, 3.63) is 41.5 Å². The maximum Gasteiger partial charge on any atom is 0.227 e. The van der Waals surface area contributed by atoms with Crippen molar-refractivity contribution in [2.75, 3.05) is 20.8 Å². The van der Waals surface area contributed by atoms with Crippen LogP contribution in [-0.4, -0.2) is 58.5 Å². The van der Waals surface area contributed by atoms with E-state index in [1.807, 2.05) is 24.3 Å². The zero-order valence-electron chi connectivity index (χ0n) is 15.9. The molecule has 1 amide bonds. The number of methoxy groups -OCH3 is 2. The summed E-state index contributed by atoms with van der Waals surface area (Å²) in [6.07, 6.45) is 4.04. The number of hydrogen-bond donors (Lipinski definition) is 0. The molecule has 1 fully saturated rings. The highest BCUT2D eigenvalue weighted by atomic mass is 16.5. The lowest BCUT2D eigenvalue weighted by atomic mass is 10.1. The second-order valence-electron chi connectivity index (χ2n) is 7.30. The molecule has 0 aliphatic carbocycles. The first-order valence-corrected chi connectivity index (χ1v) is 9.53. The Morgan fingerprint density at radius 1 is 1.15 bits per heavy atom. The third-order valence-electron chi connectivity index (χ3n) is 5.67. The molecule has 1 aromatic heterocycles. The average molecular weight is 370 g/mol. The maximum absolute atomic E-state index is 13.1. The van der Waals surface area contributed by atoms with Gasteiger partial charge in [-0.15, -0.1) is 10.2 Å². The lowest BCUT2D eigenvalue weighted by Gasteiger charge is -2.28. The van der Waals surface area contributed by atoms with E-state index in [0.29, 0.717) is 13.0 Å². The Balaban J connectivity index is 1.49. The van der Waals surface area contributed by atoms with Gasteiger partial charge in [-0.2, -0.15) is 0 Å². The normalized spacial score (nSPS) is 21.0. The highest BCUT2D eigenvalue weighted by molar-refractivity contribution is 5.80. The third-order valence-corrected chi connectivity index (χ3v) is 5.67. The largest absolute Gasteiger partial charge is 0.497 e. The molecule has 0 unspecified atom stereocenters. The number of carbonyl (C=O) groups is 1. The van der Waals surface area contributed by atoms with Gasteiger partial charge in [-0.25, -0.2) is 0 Å². The average Bonchev–Trinajstić information content (AvgIpc) is 3.19. The van der Waals surface area contributed by atoms with Crippen molar-refractivity contribution in [1.29, 1.82) is 0 Å². The zero-order valence-corrected chi connectivity index (χ0v) is 15.9. The van der Waals surface area contributed by atoms with E-state index < -0.39 is 0 Å². The van der Waals surface area contributed by atoms with Gasteiger partial charge in [-0.3, -0.25) is 4.79 Å². The molecule has 1 saturated heterocycles. The monoisotopic (exact) mass is 370 g/mol. The number of aromatic nitrogens is 3. The Morgan fingerprint density at radius 3 is 2.67 bits per heavy atom. The first-order valence-electron chi connectivity index (χ1n) is 9.53. The number of rotatable bonds is 6. The molecular formula is C20H26N4O3. The smallest absolute Gasteiger partial charge is 0.227 e. The number of ether oxygens (including phenoxy) is 2. The third kappa shape index (κ3) is 3.56. The SMILES string of the molecule is COCCc1nnc2n1C[C@H]1CC[C@@H](C2)N1C(=O)Cc1ccc(OC)cc1. The summed E-state index contributed by atoms with van der Waals surface area (Å²) in [6, 6.07) is 8.19. The van der Waals surface area contributed by atoms with Gasteiger partial charge in [0.15, 0.2) is 0 Å². The summed E-state index contributed by atoms with van der Waals surface area (Å²) in [7, 11) is 3.34. The standard InChI is InChI=1S/C20H26N4O3/c1-26-10-9-18-21-22-19-12-15-5-6-16(13-23(18)19)24(15)20(25)11-14-3-7-17(27-2)8-4-14/h3-4,7-8,15-16H,5-6,9-13H2,1-2H3/t15-,16+/m0/s1. The quantitative estimate of drug-likeness (QED) is 0.773. The van der Waals surface area contributed by atoms with Crippen molar-refractivity contribution >= 4 is 5.91 Å². The highest BCUT2D eigenvalue weighted by Crippen LogP contribution is 2.32.